The molecule has 0 radical (unpaired) electrons. The van der Waals surface area contributed by atoms with Crippen LogP contribution < -0.4 is 0 Å². The molecule has 0 fully saturated rings. The first-order valence-electron chi connectivity index (χ1n) is 8.35. The Morgan fingerprint density at radius 1 is 1.28 bits per heavy atom. The van der Waals surface area contributed by atoms with E-state index >= 15 is 0 Å². The predicted molar refractivity (Wildman–Crippen MR) is 96.1 cm³/mol. The van der Waals surface area contributed by atoms with Gasteiger partial charge in [0, 0.05) is 48.4 Å². The molecule has 0 unspecified atom stereocenters. The zero-order valence-electron chi connectivity index (χ0n) is 14.1. The van der Waals surface area contributed by atoms with E-state index in [2.05, 4.69) is 10.00 Å². The normalized spacial score (nSPS) is 14.7. The van der Waals surface area contributed by atoms with Crippen molar-refractivity contribution >= 4 is 11.6 Å². The molecule has 1 aliphatic rings. The summed E-state index contributed by atoms with van der Waals surface area (Å²) in [7, 11) is 1.94. The summed E-state index contributed by atoms with van der Waals surface area (Å²) in [5.41, 5.74) is 4.13. The lowest BCUT2D eigenvalue weighted by Crippen LogP contribution is -2.30. The number of furan rings is 1. The van der Waals surface area contributed by atoms with Crippen LogP contribution in [0.3, 0.4) is 0 Å². The maximum Gasteiger partial charge on any atom is 0.134 e. The molecule has 0 saturated carbocycles. The van der Waals surface area contributed by atoms with Gasteiger partial charge >= 0.3 is 0 Å². The number of nitrogens with zero attached hydrogens (tertiary/aromatic N) is 3. The summed E-state index contributed by atoms with van der Waals surface area (Å²) >= 11 is 6.06. The summed E-state index contributed by atoms with van der Waals surface area (Å²) < 4.78 is 7.90. The first-order valence-corrected chi connectivity index (χ1v) is 8.73. The van der Waals surface area contributed by atoms with Crippen molar-refractivity contribution in [2.24, 2.45) is 7.05 Å². The van der Waals surface area contributed by atoms with Crippen molar-refractivity contribution in [1.82, 2.24) is 14.7 Å². The lowest BCUT2D eigenvalue weighted by molar-refractivity contribution is 0.220. The summed E-state index contributed by atoms with van der Waals surface area (Å²) in [5, 5.41) is 14.6. The van der Waals surface area contributed by atoms with E-state index in [-0.39, 0.29) is 6.61 Å². The van der Waals surface area contributed by atoms with Crippen LogP contribution in [-0.4, -0.2) is 26.3 Å². The molecule has 4 rings (SSSR count). The third-order valence-electron chi connectivity index (χ3n) is 4.70. The largest absolute Gasteiger partial charge is 0.460 e. The molecule has 130 valence electrons. The van der Waals surface area contributed by atoms with Crippen LogP contribution in [0.25, 0.3) is 11.3 Å². The number of benzene rings is 1. The third-order valence-corrected chi connectivity index (χ3v) is 4.94. The number of fused-ring (bicyclic) bond motifs is 1. The second-order valence-electron chi connectivity index (χ2n) is 6.39. The first kappa shape index (κ1) is 16.4. The Bertz CT molecular complexity index is 900. The van der Waals surface area contributed by atoms with Crippen molar-refractivity contribution in [1.29, 1.82) is 0 Å². The summed E-state index contributed by atoms with van der Waals surface area (Å²) in [6.07, 6.45) is 0.931. The Labute approximate surface area is 151 Å². The van der Waals surface area contributed by atoms with Crippen molar-refractivity contribution in [2.45, 2.75) is 26.1 Å². The van der Waals surface area contributed by atoms with Gasteiger partial charge in [-0.05, 0) is 24.3 Å². The van der Waals surface area contributed by atoms with Gasteiger partial charge in [0.25, 0.3) is 0 Å². The fourth-order valence-electron chi connectivity index (χ4n) is 3.47. The van der Waals surface area contributed by atoms with E-state index in [0.717, 1.165) is 54.4 Å². The van der Waals surface area contributed by atoms with Crippen molar-refractivity contribution in [2.75, 3.05) is 6.54 Å². The van der Waals surface area contributed by atoms with Crippen molar-refractivity contribution < 1.29 is 9.52 Å². The van der Waals surface area contributed by atoms with Crippen molar-refractivity contribution in [3.63, 3.8) is 0 Å². The summed E-state index contributed by atoms with van der Waals surface area (Å²) in [5.74, 6) is 1.75. The number of rotatable bonds is 4. The molecule has 0 amide bonds. The highest BCUT2D eigenvalue weighted by atomic mass is 35.5. The van der Waals surface area contributed by atoms with Crippen molar-refractivity contribution in [3.8, 4) is 11.3 Å². The number of aryl methyl sites for hydroxylation is 1. The highest BCUT2D eigenvalue weighted by Crippen LogP contribution is 2.27. The molecule has 0 aliphatic carbocycles. The molecular formula is C19H20ClN3O2. The smallest absolute Gasteiger partial charge is 0.134 e. The standard InChI is InChI=1S/C19H20ClN3O2/c1-22-18-7-8-23(11-16(18)17(12-24)21-22)10-15-5-6-19(25-15)13-3-2-4-14(20)9-13/h2-6,9,24H,7-8,10-12H2,1H3. The van der Waals surface area contributed by atoms with E-state index in [1.54, 1.807) is 0 Å². The van der Waals surface area contributed by atoms with E-state index in [1.807, 2.05) is 48.1 Å². The second kappa shape index (κ2) is 6.67. The Kier molecular flexibility index (Phi) is 4.37. The zero-order chi connectivity index (χ0) is 17.4. The Morgan fingerprint density at radius 2 is 2.16 bits per heavy atom. The molecule has 25 heavy (non-hydrogen) atoms. The van der Waals surface area contributed by atoms with Crippen LogP contribution in [0.15, 0.2) is 40.8 Å². The van der Waals surface area contributed by atoms with Crippen LogP contribution in [0.4, 0.5) is 0 Å². The fourth-order valence-corrected chi connectivity index (χ4v) is 3.66. The number of aliphatic hydroxyl groups excluding tert-OH is 1. The maximum atomic E-state index is 9.51. The van der Waals surface area contributed by atoms with Gasteiger partial charge in [0.1, 0.15) is 11.5 Å². The minimum absolute atomic E-state index is 0.0172. The van der Waals surface area contributed by atoms with Crippen LogP contribution in [0.1, 0.15) is 22.7 Å². The molecule has 1 N–H and O–H groups in total. The van der Waals surface area contributed by atoms with Crippen LogP contribution in [0, 0.1) is 0 Å². The monoisotopic (exact) mass is 357 g/mol. The van der Waals surface area contributed by atoms with Crippen LogP contribution in [-0.2, 0) is 33.2 Å². The van der Waals surface area contributed by atoms with E-state index in [9.17, 15) is 5.11 Å². The lowest BCUT2D eigenvalue weighted by atomic mass is 10.1. The van der Waals surface area contributed by atoms with Crippen LogP contribution in [0.2, 0.25) is 5.02 Å². The van der Waals surface area contributed by atoms with Gasteiger partial charge in [-0.1, -0.05) is 23.7 Å². The number of hydrogen-bond acceptors (Lipinski definition) is 4. The van der Waals surface area contributed by atoms with Gasteiger partial charge in [-0.15, -0.1) is 0 Å². The predicted octanol–water partition coefficient (Wildman–Crippen LogP) is 3.38. The fraction of sp³-hybridized carbons (Fsp3) is 0.316. The number of aliphatic hydroxyl groups is 1. The van der Waals surface area contributed by atoms with E-state index < -0.39 is 0 Å². The van der Waals surface area contributed by atoms with Gasteiger partial charge in [0.15, 0.2) is 0 Å². The number of aromatic nitrogens is 2. The van der Waals surface area contributed by atoms with Gasteiger partial charge in [-0.2, -0.15) is 5.10 Å². The van der Waals surface area contributed by atoms with Gasteiger partial charge in [-0.25, -0.2) is 0 Å². The third kappa shape index (κ3) is 3.23. The molecule has 0 saturated heterocycles. The Morgan fingerprint density at radius 3 is 2.96 bits per heavy atom. The molecule has 3 aromatic rings. The quantitative estimate of drug-likeness (QED) is 0.777. The SMILES string of the molecule is Cn1nc(CO)c2c1CCN(Cc1ccc(-c3cccc(Cl)c3)o1)C2. The molecule has 0 bridgehead atoms. The molecule has 3 heterocycles. The van der Waals surface area contributed by atoms with Gasteiger partial charge < -0.3 is 9.52 Å². The minimum Gasteiger partial charge on any atom is -0.460 e. The summed E-state index contributed by atoms with van der Waals surface area (Å²) in [6.45, 7) is 2.45. The number of halogens is 1. The molecule has 2 aromatic heterocycles. The lowest BCUT2D eigenvalue weighted by Gasteiger charge is -2.26. The Balaban J connectivity index is 1.50. The summed E-state index contributed by atoms with van der Waals surface area (Å²) in [4.78, 5) is 2.32. The van der Waals surface area contributed by atoms with E-state index in [4.69, 9.17) is 16.0 Å². The van der Waals surface area contributed by atoms with Crippen LogP contribution in [0.5, 0.6) is 0 Å². The van der Waals surface area contributed by atoms with E-state index in [0.29, 0.717) is 5.02 Å². The molecule has 0 spiro atoms. The first-order chi connectivity index (χ1) is 12.1. The van der Waals surface area contributed by atoms with Gasteiger partial charge in [0.2, 0.25) is 0 Å². The molecule has 6 heteroatoms. The molecular weight excluding hydrogens is 338 g/mol. The van der Waals surface area contributed by atoms with Crippen LogP contribution >= 0.6 is 11.6 Å². The topological polar surface area (TPSA) is 54.4 Å². The highest BCUT2D eigenvalue weighted by molar-refractivity contribution is 6.30. The molecule has 1 aromatic carbocycles. The number of hydrogen-bond donors (Lipinski definition) is 1. The van der Waals surface area contributed by atoms with Gasteiger partial charge in [0.05, 0.1) is 18.8 Å². The maximum absolute atomic E-state index is 9.51. The molecule has 1 aliphatic heterocycles. The summed E-state index contributed by atoms with van der Waals surface area (Å²) in [6, 6.07) is 11.7. The van der Waals surface area contributed by atoms with Crippen molar-refractivity contribution in [3.05, 3.63) is 64.1 Å². The van der Waals surface area contributed by atoms with Gasteiger partial charge in [-0.3, -0.25) is 9.58 Å². The average Bonchev–Trinajstić information content (AvgIpc) is 3.20. The Hall–Kier alpha value is -2.08. The zero-order valence-corrected chi connectivity index (χ0v) is 14.8. The highest BCUT2D eigenvalue weighted by Gasteiger charge is 2.24. The molecule has 0 atom stereocenters. The average molecular weight is 358 g/mol. The van der Waals surface area contributed by atoms with E-state index in [1.165, 1.54) is 5.69 Å². The minimum atomic E-state index is -0.0172. The molecule has 5 nitrogen and oxygen atoms in total. The second-order valence-corrected chi connectivity index (χ2v) is 6.83.